The molecular weight excluding hydrogens is 705 g/mol. The number of H-pyrrole nitrogens is 2. The Morgan fingerprint density at radius 1 is 0.339 bits per heavy atom. The van der Waals surface area contributed by atoms with Gasteiger partial charge in [-0.1, -0.05) is 0 Å². The molecule has 0 saturated heterocycles. The zero-order valence-corrected chi connectivity index (χ0v) is 30.1. The van der Waals surface area contributed by atoms with E-state index in [0.29, 0.717) is 67.3 Å². The fourth-order valence-electron chi connectivity index (χ4n) is 7.53. The molecule has 12 heteroatoms. The van der Waals surface area contributed by atoms with Gasteiger partial charge >= 0.3 is 0 Å². The molecule has 56 heavy (non-hydrogen) atoms. The molecule has 0 saturated carbocycles. The molecule has 0 aliphatic carbocycles. The van der Waals surface area contributed by atoms with Crippen molar-refractivity contribution in [2.75, 3.05) is 0 Å². The van der Waals surface area contributed by atoms with Crippen molar-refractivity contribution in [3.63, 3.8) is 0 Å². The molecular formula is C44H38N8O4+4. The van der Waals surface area contributed by atoms with E-state index in [4.69, 9.17) is 9.97 Å². The average Bonchev–Trinajstić information content (AvgIpc) is 3.99. The zero-order chi connectivity index (χ0) is 38.8. The smallest absolute Gasteiger partial charge is 0.135 e. The topological polar surface area (TPSA) is 249 Å². The minimum atomic E-state index is -0.150. The summed E-state index contributed by atoms with van der Waals surface area (Å²) in [6.07, 6.45) is 7.51. The third-order valence-electron chi connectivity index (χ3n) is 10.1. The highest BCUT2D eigenvalue weighted by atomic mass is 16.3. The van der Waals surface area contributed by atoms with Gasteiger partial charge in [-0.3, -0.25) is 0 Å². The number of hydrogen-bond donors (Lipinski definition) is 10. The van der Waals surface area contributed by atoms with Crippen LogP contribution < -0.4 is 22.9 Å². The minimum Gasteiger partial charge on any atom is -0.507 e. The Balaban J connectivity index is 1.50. The second-order valence-corrected chi connectivity index (χ2v) is 13.9. The van der Waals surface area contributed by atoms with E-state index in [1.54, 1.807) is 0 Å². The largest absolute Gasteiger partial charge is 0.507 e. The van der Waals surface area contributed by atoms with Crippen LogP contribution in [0.3, 0.4) is 0 Å². The highest BCUT2D eigenvalue weighted by Gasteiger charge is 2.24. The van der Waals surface area contributed by atoms with E-state index in [-0.39, 0.29) is 34.1 Å². The molecule has 2 aliphatic rings. The lowest BCUT2D eigenvalue weighted by atomic mass is 10.0. The van der Waals surface area contributed by atoms with Crippen LogP contribution in [-0.2, 0) is 0 Å². The number of nitrogens with zero attached hydrogens (tertiary/aromatic N) is 2. The Bertz CT molecular complexity index is 2750. The summed E-state index contributed by atoms with van der Waals surface area (Å²) in [5.41, 5.74) is 27.9. The van der Waals surface area contributed by atoms with Gasteiger partial charge in [0, 0.05) is 68.6 Å². The average molecular weight is 743 g/mol. The van der Waals surface area contributed by atoms with Crippen molar-refractivity contribution in [3.8, 4) is 67.5 Å². The molecule has 2 aliphatic heterocycles. The maximum absolute atomic E-state index is 11.4. The molecule has 0 spiro atoms. The van der Waals surface area contributed by atoms with Crippen LogP contribution in [0.4, 0.5) is 22.7 Å². The van der Waals surface area contributed by atoms with Crippen molar-refractivity contribution >= 4 is 69.1 Å². The number of nitrogens with one attached hydrogen (secondary N) is 2. The summed E-state index contributed by atoms with van der Waals surface area (Å²) in [4.78, 5) is 17.5. The van der Waals surface area contributed by atoms with Crippen molar-refractivity contribution in [1.29, 1.82) is 0 Å². The van der Waals surface area contributed by atoms with Gasteiger partial charge in [0.05, 0.1) is 33.9 Å². The Hall–Kier alpha value is -7.48. The van der Waals surface area contributed by atoms with Gasteiger partial charge in [0.2, 0.25) is 0 Å². The standard InChI is InChI=1S/C44H34N8O4/c45-23-5-1-21(2-6-23)39-27-9-13-31(49-27)41(43-35(53)17-25(47)18-36(43)54)33-15-11-29(51-33)40(22-3-7-24(46)8-4-22)30-12-16-34(52-30)42(32-14-10-28(39)50-32)44-37(55)19-26(48)20-38(44)56/h1-20,49,52-56H,45-48H2/p+4. The summed E-state index contributed by atoms with van der Waals surface area (Å²) in [7, 11) is 0. The Morgan fingerprint density at radius 3 is 0.946 bits per heavy atom. The predicted octanol–water partition coefficient (Wildman–Crippen LogP) is 5.64. The number of aromatic amines is 2. The van der Waals surface area contributed by atoms with Crippen LogP contribution in [0.2, 0.25) is 0 Å². The monoisotopic (exact) mass is 742 g/mol. The van der Waals surface area contributed by atoms with Crippen molar-refractivity contribution in [1.82, 2.24) is 19.9 Å². The van der Waals surface area contributed by atoms with Gasteiger partial charge in [0.15, 0.2) is 0 Å². The maximum atomic E-state index is 11.4. The van der Waals surface area contributed by atoms with Gasteiger partial charge in [-0.15, -0.1) is 0 Å². The van der Waals surface area contributed by atoms with Crippen LogP contribution in [0.5, 0.6) is 23.0 Å². The molecule has 0 unspecified atom stereocenters. The Kier molecular flexibility index (Phi) is 8.04. The molecule has 18 N–H and O–H groups in total. The summed E-state index contributed by atoms with van der Waals surface area (Å²) in [5.74, 6) is -0.599. The third kappa shape index (κ3) is 5.84. The Morgan fingerprint density at radius 2 is 0.625 bits per heavy atom. The maximum Gasteiger partial charge on any atom is 0.135 e. The van der Waals surface area contributed by atoms with Crippen LogP contribution in [0.1, 0.15) is 22.8 Å². The quantitative estimate of drug-likeness (QED) is 0.109. The van der Waals surface area contributed by atoms with Gasteiger partial charge < -0.3 is 53.3 Å². The summed E-state index contributed by atoms with van der Waals surface area (Å²) >= 11 is 0. The molecule has 5 heterocycles. The number of aromatic nitrogens is 4. The summed E-state index contributed by atoms with van der Waals surface area (Å²) < 4.78 is 0. The molecule has 3 aromatic heterocycles. The molecule has 0 radical (unpaired) electrons. The molecule has 274 valence electrons. The molecule has 0 atom stereocenters. The molecule has 12 nitrogen and oxygen atoms in total. The summed E-state index contributed by atoms with van der Waals surface area (Å²) in [6.45, 7) is 0. The normalized spacial score (nSPS) is 12.1. The summed E-state index contributed by atoms with van der Waals surface area (Å²) in [6, 6.07) is 29.2. The number of rotatable bonds is 4. The number of benzene rings is 4. The van der Waals surface area contributed by atoms with Crippen LogP contribution in [0.15, 0.2) is 97.1 Å². The van der Waals surface area contributed by atoms with E-state index in [1.807, 2.05) is 97.1 Å². The lowest BCUT2D eigenvalue weighted by Gasteiger charge is -2.10. The number of phenols is 4. The number of aromatic hydroxyl groups is 4. The van der Waals surface area contributed by atoms with Crippen molar-refractivity contribution in [3.05, 3.63) is 120 Å². The van der Waals surface area contributed by atoms with Gasteiger partial charge in [-0.25, -0.2) is 9.97 Å². The third-order valence-corrected chi connectivity index (χ3v) is 10.1. The first kappa shape index (κ1) is 34.3. The van der Waals surface area contributed by atoms with E-state index in [9.17, 15) is 20.4 Å². The molecule has 8 bridgehead atoms. The van der Waals surface area contributed by atoms with Crippen molar-refractivity contribution in [2.45, 2.75) is 0 Å². The number of quaternary nitrogens is 4. The van der Waals surface area contributed by atoms with Crippen molar-refractivity contribution in [2.24, 2.45) is 0 Å². The van der Waals surface area contributed by atoms with E-state index in [2.05, 4.69) is 32.9 Å². The van der Waals surface area contributed by atoms with Crippen LogP contribution in [0.25, 0.3) is 90.9 Å². The minimum absolute atomic E-state index is 0.150. The first-order valence-corrected chi connectivity index (χ1v) is 17.8. The van der Waals surface area contributed by atoms with E-state index in [1.165, 1.54) is 24.3 Å². The number of fused-ring (bicyclic) bond motifs is 8. The Labute approximate surface area is 319 Å². The van der Waals surface area contributed by atoms with E-state index < -0.39 is 0 Å². The van der Waals surface area contributed by atoms with E-state index >= 15 is 0 Å². The molecule has 9 rings (SSSR count). The van der Waals surface area contributed by atoms with Gasteiger partial charge in [0.1, 0.15) is 45.7 Å². The second-order valence-electron chi connectivity index (χ2n) is 13.9. The van der Waals surface area contributed by atoms with Gasteiger partial charge in [-0.2, -0.15) is 0 Å². The molecule has 4 aromatic carbocycles. The first-order chi connectivity index (χ1) is 27.0. The van der Waals surface area contributed by atoms with E-state index in [0.717, 1.165) is 33.6 Å². The van der Waals surface area contributed by atoms with Crippen LogP contribution >= 0.6 is 0 Å². The lowest BCUT2D eigenvalue weighted by Crippen LogP contribution is -2.39. The molecule has 0 amide bonds. The fourth-order valence-corrected chi connectivity index (χ4v) is 7.53. The highest BCUT2D eigenvalue weighted by Crippen LogP contribution is 2.46. The van der Waals surface area contributed by atoms with Crippen LogP contribution in [0, 0.1) is 0 Å². The number of phenolic OH excluding ortho intramolecular Hbond substituents is 4. The first-order valence-electron chi connectivity index (χ1n) is 17.8. The van der Waals surface area contributed by atoms with Crippen molar-refractivity contribution < 1.29 is 43.4 Å². The van der Waals surface area contributed by atoms with Crippen LogP contribution in [-0.4, -0.2) is 40.4 Å². The lowest BCUT2D eigenvalue weighted by molar-refractivity contribution is -0.255. The second kappa shape index (κ2) is 13.1. The summed E-state index contributed by atoms with van der Waals surface area (Å²) in [5, 5.41) is 45.5. The zero-order valence-electron chi connectivity index (χ0n) is 30.1. The number of hydrogen-bond acceptors (Lipinski definition) is 6. The van der Waals surface area contributed by atoms with Gasteiger partial charge in [0.25, 0.3) is 0 Å². The fraction of sp³-hybridized carbons (Fsp3) is 0. The highest BCUT2D eigenvalue weighted by molar-refractivity contribution is 6.02. The SMILES string of the molecule is [NH3+]c1ccc(-c2c3nc(c(-c4c(O)cc([NH3+])cc4O)c4ccc([nH]4)c(-c4ccc([NH3+])cc4)c4nc(c(-c5c(O)cc([NH3+])cc5O)c5ccc2[nH]5)C=C4)C=C3)cc1. The molecule has 0 fully saturated rings. The van der Waals surface area contributed by atoms with Gasteiger partial charge in [-0.05, 0) is 108 Å². The predicted molar refractivity (Wildman–Crippen MR) is 217 cm³/mol. The molecule has 7 aromatic rings.